The summed E-state index contributed by atoms with van der Waals surface area (Å²) in [5, 5.41) is 54.9. The van der Waals surface area contributed by atoms with Gasteiger partial charge in [0.15, 0.2) is 6.29 Å². The summed E-state index contributed by atoms with van der Waals surface area (Å²) in [6.07, 6.45) is 85.3. The summed E-state index contributed by atoms with van der Waals surface area (Å²) in [4.78, 5) is 13.1. The molecule has 9 nitrogen and oxygen atoms in total. The Kier molecular flexibility index (Phi) is 57.7. The molecule has 0 saturated carbocycles. The zero-order valence-electron chi connectivity index (χ0n) is 53.2. The minimum absolute atomic E-state index is 0.150. The molecule has 0 radical (unpaired) electrons. The summed E-state index contributed by atoms with van der Waals surface area (Å²) in [6.45, 7) is 3.74. The minimum Gasteiger partial charge on any atom is -0.394 e. The van der Waals surface area contributed by atoms with Crippen LogP contribution in [0.25, 0.3) is 0 Å². The van der Waals surface area contributed by atoms with Gasteiger partial charge in [-0.1, -0.05) is 309 Å². The summed E-state index contributed by atoms with van der Waals surface area (Å²) >= 11 is 0. The molecule has 1 amide bonds. The first-order valence-corrected chi connectivity index (χ1v) is 34.2. The lowest BCUT2D eigenvalue weighted by Crippen LogP contribution is -2.60. The largest absolute Gasteiger partial charge is 0.394 e. The van der Waals surface area contributed by atoms with Crippen LogP contribution in [0.4, 0.5) is 0 Å². The van der Waals surface area contributed by atoms with Gasteiger partial charge in [-0.2, -0.15) is 0 Å². The maximum Gasteiger partial charge on any atom is 0.220 e. The lowest BCUT2D eigenvalue weighted by Gasteiger charge is -2.40. The van der Waals surface area contributed by atoms with Crippen molar-refractivity contribution in [3.63, 3.8) is 0 Å². The van der Waals surface area contributed by atoms with Gasteiger partial charge in [0.25, 0.3) is 0 Å². The first kappa shape index (κ1) is 77.6. The molecule has 9 heteroatoms. The molecule has 0 aromatic heterocycles. The molecule has 6 N–H and O–H groups in total. The predicted molar refractivity (Wildman–Crippen MR) is 354 cm³/mol. The van der Waals surface area contributed by atoms with E-state index in [9.17, 15) is 30.3 Å². The molecule has 7 unspecified atom stereocenters. The molecule has 0 aliphatic carbocycles. The van der Waals surface area contributed by atoms with Crippen LogP contribution in [0.3, 0.4) is 0 Å². The topological polar surface area (TPSA) is 149 Å². The second kappa shape index (κ2) is 61.7. The summed E-state index contributed by atoms with van der Waals surface area (Å²) in [7, 11) is 0. The molecule has 0 aromatic carbocycles. The Hall–Kier alpha value is -3.41. The van der Waals surface area contributed by atoms with Crippen molar-refractivity contribution in [1.29, 1.82) is 0 Å². The van der Waals surface area contributed by atoms with Crippen LogP contribution in [0.15, 0.2) is 122 Å². The number of hydrogen-bond acceptors (Lipinski definition) is 8. The van der Waals surface area contributed by atoms with Gasteiger partial charge in [0.2, 0.25) is 5.91 Å². The average molecular weight is 1160 g/mol. The number of unbranched alkanes of at least 4 members (excludes halogenated alkanes) is 28. The fourth-order valence-electron chi connectivity index (χ4n) is 10.3. The number of ether oxygens (including phenoxy) is 2. The van der Waals surface area contributed by atoms with E-state index in [0.29, 0.717) is 12.8 Å². The third kappa shape index (κ3) is 50.5. The molecule has 0 bridgehead atoms. The fourth-order valence-corrected chi connectivity index (χ4v) is 10.3. The van der Waals surface area contributed by atoms with Gasteiger partial charge in [0.1, 0.15) is 24.4 Å². The summed E-state index contributed by atoms with van der Waals surface area (Å²) in [5.74, 6) is -0.161. The van der Waals surface area contributed by atoms with Crippen LogP contribution < -0.4 is 5.32 Å². The number of carbonyl (C=O) groups excluding carboxylic acids is 1. The molecule has 0 spiro atoms. The second-order valence-corrected chi connectivity index (χ2v) is 23.2. The highest BCUT2D eigenvalue weighted by atomic mass is 16.7. The quantitative estimate of drug-likeness (QED) is 0.0261. The van der Waals surface area contributed by atoms with E-state index in [2.05, 4.69) is 141 Å². The maximum absolute atomic E-state index is 13.1. The number of allylic oxidation sites excluding steroid dienone is 20. The average Bonchev–Trinajstić information content (AvgIpc) is 3.60. The lowest BCUT2D eigenvalue weighted by molar-refractivity contribution is -0.302. The van der Waals surface area contributed by atoms with Crippen LogP contribution >= 0.6 is 0 Å². The number of aliphatic hydroxyl groups is 5. The van der Waals surface area contributed by atoms with Crippen LogP contribution in [0.5, 0.6) is 0 Å². The van der Waals surface area contributed by atoms with Gasteiger partial charge >= 0.3 is 0 Å². The predicted octanol–water partition coefficient (Wildman–Crippen LogP) is 18.6. The second-order valence-electron chi connectivity index (χ2n) is 23.2. The van der Waals surface area contributed by atoms with Gasteiger partial charge in [-0.3, -0.25) is 4.79 Å². The number of amides is 1. The van der Waals surface area contributed by atoms with Crippen LogP contribution in [0, 0.1) is 0 Å². The van der Waals surface area contributed by atoms with E-state index in [1.54, 1.807) is 0 Å². The molecule has 1 fully saturated rings. The third-order valence-electron chi connectivity index (χ3n) is 15.6. The Labute approximate surface area is 509 Å². The van der Waals surface area contributed by atoms with Crippen molar-refractivity contribution < 1.29 is 39.8 Å². The SMILES string of the molecule is CC/C=C\C/C=C\C/C=C\C/C=C\C/C=C\C/C=C\C/C=C\C/C=C\C/C=C\C/C=C\CCCCCCCCC(=O)NC(COC1OC(CO)C(O)C(O)C1O)C(O)CCCCCCCCCCCCCCCCCCCCCCCCC. The molecule has 1 heterocycles. The van der Waals surface area contributed by atoms with Gasteiger partial charge in [0, 0.05) is 6.42 Å². The van der Waals surface area contributed by atoms with Crippen LogP contribution in [0.2, 0.25) is 0 Å². The van der Waals surface area contributed by atoms with Crippen LogP contribution in [-0.2, 0) is 14.3 Å². The van der Waals surface area contributed by atoms with Crippen LogP contribution in [0.1, 0.15) is 284 Å². The van der Waals surface area contributed by atoms with Gasteiger partial charge < -0.3 is 40.3 Å². The van der Waals surface area contributed by atoms with Gasteiger partial charge in [-0.15, -0.1) is 0 Å². The van der Waals surface area contributed by atoms with Crippen molar-refractivity contribution in [1.82, 2.24) is 5.32 Å². The fraction of sp³-hybridized carbons (Fsp3) is 0.716. The Balaban J connectivity index is 2.17. The molecule has 1 aliphatic rings. The van der Waals surface area contributed by atoms with Crippen molar-refractivity contribution in [2.45, 2.75) is 326 Å². The van der Waals surface area contributed by atoms with Gasteiger partial charge in [-0.05, 0) is 89.9 Å². The Bertz CT molecular complexity index is 1720. The van der Waals surface area contributed by atoms with Crippen molar-refractivity contribution in [2.24, 2.45) is 0 Å². The number of aliphatic hydroxyl groups excluding tert-OH is 5. The maximum atomic E-state index is 13.1. The van der Waals surface area contributed by atoms with E-state index in [4.69, 9.17) is 9.47 Å². The van der Waals surface area contributed by atoms with E-state index in [-0.39, 0.29) is 12.5 Å². The molecule has 476 valence electrons. The van der Waals surface area contributed by atoms with Gasteiger partial charge in [0.05, 0.1) is 25.4 Å². The first-order valence-electron chi connectivity index (χ1n) is 34.2. The molecule has 83 heavy (non-hydrogen) atoms. The smallest absolute Gasteiger partial charge is 0.220 e. The number of nitrogens with one attached hydrogen (secondary N) is 1. The summed E-state index contributed by atoms with van der Waals surface area (Å²) < 4.78 is 11.3. The van der Waals surface area contributed by atoms with E-state index >= 15 is 0 Å². The number of carbonyl (C=O) groups is 1. The molecule has 1 aliphatic heterocycles. The zero-order valence-corrected chi connectivity index (χ0v) is 53.2. The zero-order chi connectivity index (χ0) is 60.0. The van der Waals surface area contributed by atoms with Crippen molar-refractivity contribution in [3.05, 3.63) is 122 Å². The molecule has 1 saturated heterocycles. The summed E-state index contributed by atoms with van der Waals surface area (Å²) in [6, 6.07) is -0.737. The summed E-state index contributed by atoms with van der Waals surface area (Å²) in [5.41, 5.74) is 0. The third-order valence-corrected chi connectivity index (χ3v) is 15.6. The lowest BCUT2D eigenvalue weighted by atomic mass is 9.99. The monoisotopic (exact) mass is 1160 g/mol. The minimum atomic E-state index is -1.56. The number of rotatable bonds is 58. The Morgan fingerprint density at radius 1 is 0.422 bits per heavy atom. The molecular formula is C74H127NO8. The normalized spacial score (nSPS) is 19.0. The van der Waals surface area contributed by atoms with Gasteiger partial charge in [-0.25, -0.2) is 0 Å². The van der Waals surface area contributed by atoms with E-state index in [1.165, 1.54) is 128 Å². The standard InChI is InChI=1S/C74H127NO8/c1-3-5-7-9-11-13-15-17-19-21-23-25-27-28-29-30-31-32-33-34-35-36-37-38-39-40-42-44-46-48-50-52-54-56-58-60-62-64-70(78)75-67(66-82-74-73(81)72(80)71(79)69(65-76)83-74)68(77)63-61-59-57-55-53-51-49-47-45-43-41-26-24-22-20-18-16-14-12-10-8-6-4-2/h5,7,11,13,17,19,23,25,28-29,31-32,34-35,37-38,40,42,46,48,67-69,71-74,76-77,79-81H,3-4,6,8-10,12,14-16,18,20-22,24,26-27,30,33,36,39,41,43-45,47,49-66H2,1-2H3,(H,75,78)/b7-5-,13-11-,19-17-,25-23-,29-28-,32-31-,35-34-,38-37-,42-40-,48-46-. The van der Waals surface area contributed by atoms with Crippen molar-refractivity contribution in [2.75, 3.05) is 13.2 Å². The highest BCUT2D eigenvalue weighted by molar-refractivity contribution is 5.76. The molecule has 7 atom stereocenters. The highest BCUT2D eigenvalue weighted by Gasteiger charge is 2.44. The molecule has 1 rings (SSSR count). The molecule has 0 aromatic rings. The molecular weight excluding hydrogens is 1030 g/mol. The van der Waals surface area contributed by atoms with E-state index < -0.39 is 49.5 Å². The Morgan fingerprint density at radius 2 is 0.747 bits per heavy atom. The van der Waals surface area contributed by atoms with E-state index in [1.807, 2.05) is 0 Å². The van der Waals surface area contributed by atoms with Crippen molar-refractivity contribution in [3.8, 4) is 0 Å². The highest BCUT2D eigenvalue weighted by Crippen LogP contribution is 2.23. The first-order chi connectivity index (χ1) is 40.8. The Morgan fingerprint density at radius 3 is 1.11 bits per heavy atom. The van der Waals surface area contributed by atoms with Crippen molar-refractivity contribution >= 4 is 5.91 Å². The van der Waals surface area contributed by atoms with Crippen LogP contribution in [-0.4, -0.2) is 87.5 Å². The van der Waals surface area contributed by atoms with E-state index in [0.717, 1.165) is 128 Å². The number of hydrogen-bond donors (Lipinski definition) is 6.